The van der Waals surface area contributed by atoms with Gasteiger partial charge < -0.3 is 20.4 Å². The van der Waals surface area contributed by atoms with Crippen LogP contribution in [0.15, 0.2) is 108 Å². The van der Waals surface area contributed by atoms with Gasteiger partial charge in [-0.2, -0.15) is 0 Å². The maximum absolute atomic E-state index is 13.6. The Kier molecular flexibility index (Phi) is 7.27. The summed E-state index contributed by atoms with van der Waals surface area (Å²) in [7, 11) is 0. The maximum atomic E-state index is 13.6. The van der Waals surface area contributed by atoms with E-state index < -0.39 is 0 Å². The van der Waals surface area contributed by atoms with E-state index in [1.807, 2.05) is 91.0 Å². The minimum atomic E-state index is -0.317. The van der Waals surface area contributed by atoms with Gasteiger partial charge in [-0.05, 0) is 49.2 Å². The van der Waals surface area contributed by atoms with Crippen molar-refractivity contribution in [3.05, 3.63) is 109 Å². The van der Waals surface area contributed by atoms with Gasteiger partial charge in [-0.15, -0.1) is 5.10 Å². The second-order valence-electron chi connectivity index (χ2n) is 10.7. The van der Waals surface area contributed by atoms with Gasteiger partial charge in [0.25, 0.3) is 5.91 Å². The monoisotopic (exact) mass is 569 g/mol. The van der Waals surface area contributed by atoms with E-state index in [1.165, 1.54) is 19.3 Å². The summed E-state index contributed by atoms with van der Waals surface area (Å²) in [5, 5.41) is 14.9. The SMILES string of the molecule is O=C(Nc1cccc(-c2coc(-c3ccccc3)n2)c1)c1cnc2c(Nc3ccccc3)cc(NC3CCCCC3)nn12. The molecule has 3 aromatic carbocycles. The van der Waals surface area contributed by atoms with Crippen molar-refractivity contribution >= 4 is 34.4 Å². The van der Waals surface area contributed by atoms with Crippen LogP contribution in [0.25, 0.3) is 28.4 Å². The largest absolute Gasteiger partial charge is 0.444 e. The van der Waals surface area contributed by atoms with Crippen LogP contribution >= 0.6 is 0 Å². The number of carbonyl (C=O) groups excluding carboxylic acids is 1. The van der Waals surface area contributed by atoms with E-state index in [0.717, 1.165) is 35.3 Å². The zero-order valence-electron chi connectivity index (χ0n) is 23.5. The highest BCUT2D eigenvalue weighted by Crippen LogP contribution is 2.29. The number of para-hydroxylation sites is 1. The van der Waals surface area contributed by atoms with Crippen molar-refractivity contribution in [2.45, 2.75) is 38.1 Å². The van der Waals surface area contributed by atoms with Crippen molar-refractivity contribution in [2.24, 2.45) is 0 Å². The molecule has 214 valence electrons. The molecule has 1 aliphatic rings. The highest BCUT2D eigenvalue weighted by atomic mass is 16.3. The third-order valence-electron chi connectivity index (χ3n) is 7.65. The molecule has 0 unspecified atom stereocenters. The van der Waals surface area contributed by atoms with Gasteiger partial charge in [0.2, 0.25) is 5.89 Å². The number of rotatable bonds is 8. The van der Waals surface area contributed by atoms with Crippen LogP contribution in [0.3, 0.4) is 0 Å². The minimum absolute atomic E-state index is 0.317. The number of carbonyl (C=O) groups is 1. The highest BCUT2D eigenvalue weighted by molar-refractivity contribution is 6.04. The van der Waals surface area contributed by atoms with Gasteiger partial charge in [0, 0.05) is 34.6 Å². The molecule has 0 bridgehead atoms. The third kappa shape index (κ3) is 5.83. The molecule has 1 amide bonds. The zero-order chi connectivity index (χ0) is 29.0. The molecule has 1 aliphatic carbocycles. The lowest BCUT2D eigenvalue weighted by Gasteiger charge is -2.23. The lowest BCUT2D eigenvalue weighted by atomic mass is 9.95. The summed E-state index contributed by atoms with van der Waals surface area (Å²) < 4.78 is 7.33. The van der Waals surface area contributed by atoms with Gasteiger partial charge in [-0.1, -0.05) is 67.8 Å². The van der Waals surface area contributed by atoms with E-state index in [0.29, 0.717) is 40.5 Å². The Hall–Kier alpha value is -5.44. The molecule has 0 spiro atoms. The van der Waals surface area contributed by atoms with Crippen molar-refractivity contribution in [2.75, 3.05) is 16.0 Å². The fraction of sp³-hybridized carbons (Fsp3) is 0.176. The van der Waals surface area contributed by atoms with Gasteiger partial charge in [0.05, 0.1) is 11.9 Å². The molecule has 3 heterocycles. The molecule has 43 heavy (non-hydrogen) atoms. The molecule has 9 heteroatoms. The number of oxazole rings is 1. The third-order valence-corrected chi connectivity index (χ3v) is 7.65. The van der Waals surface area contributed by atoms with E-state index in [9.17, 15) is 4.79 Å². The highest BCUT2D eigenvalue weighted by Gasteiger charge is 2.20. The number of amides is 1. The zero-order valence-corrected chi connectivity index (χ0v) is 23.5. The average Bonchev–Trinajstić information content (AvgIpc) is 3.71. The van der Waals surface area contributed by atoms with Crippen molar-refractivity contribution in [1.82, 2.24) is 19.6 Å². The molecule has 0 atom stereocenters. The number of nitrogens with one attached hydrogen (secondary N) is 3. The lowest BCUT2D eigenvalue weighted by molar-refractivity contribution is 0.102. The minimum Gasteiger partial charge on any atom is -0.444 e. The summed E-state index contributed by atoms with van der Waals surface area (Å²) in [6.07, 6.45) is 9.07. The first kappa shape index (κ1) is 26.5. The van der Waals surface area contributed by atoms with Crippen LogP contribution in [0.5, 0.6) is 0 Å². The summed E-state index contributed by atoms with van der Waals surface area (Å²) in [6.45, 7) is 0. The van der Waals surface area contributed by atoms with E-state index in [-0.39, 0.29) is 5.91 Å². The first-order valence-electron chi connectivity index (χ1n) is 14.6. The Morgan fingerprint density at radius 2 is 1.58 bits per heavy atom. The second-order valence-corrected chi connectivity index (χ2v) is 10.7. The molecular weight excluding hydrogens is 538 g/mol. The van der Waals surface area contributed by atoms with Crippen LogP contribution in [0.1, 0.15) is 42.6 Å². The van der Waals surface area contributed by atoms with Gasteiger partial charge in [0.1, 0.15) is 17.8 Å². The summed E-state index contributed by atoms with van der Waals surface area (Å²) in [4.78, 5) is 22.8. The fourth-order valence-corrected chi connectivity index (χ4v) is 5.49. The number of nitrogens with zero attached hydrogens (tertiary/aromatic N) is 4. The summed E-state index contributed by atoms with van der Waals surface area (Å²) >= 11 is 0. The van der Waals surface area contributed by atoms with E-state index in [2.05, 4.69) is 25.9 Å². The molecule has 1 fully saturated rings. The number of benzene rings is 3. The van der Waals surface area contributed by atoms with Crippen molar-refractivity contribution < 1.29 is 9.21 Å². The molecule has 6 aromatic rings. The molecule has 0 aliphatic heterocycles. The van der Waals surface area contributed by atoms with Crippen LogP contribution in [0, 0.1) is 0 Å². The smallest absolute Gasteiger partial charge is 0.276 e. The second kappa shape index (κ2) is 11.8. The molecule has 9 nitrogen and oxygen atoms in total. The van der Waals surface area contributed by atoms with E-state index in [4.69, 9.17) is 9.52 Å². The number of anilines is 4. The van der Waals surface area contributed by atoms with Gasteiger partial charge >= 0.3 is 0 Å². The topological polar surface area (TPSA) is 109 Å². The van der Waals surface area contributed by atoms with Crippen molar-refractivity contribution in [3.63, 3.8) is 0 Å². The van der Waals surface area contributed by atoms with Crippen LogP contribution in [-0.2, 0) is 0 Å². The first-order valence-corrected chi connectivity index (χ1v) is 14.6. The predicted octanol–water partition coefficient (Wildman–Crippen LogP) is 7.79. The van der Waals surface area contributed by atoms with Crippen molar-refractivity contribution in [1.29, 1.82) is 0 Å². The van der Waals surface area contributed by atoms with Crippen molar-refractivity contribution in [3.8, 4) is 22.7 Å². The summed E-state index contributed by atoms with van der Waals surface area (Å²) in [5.41, 5.74) is 5.62. The Morgan fingerprint density at radius 3 is 2.40 bits per heavy atom. The molecule has 1 saturated carbocycles. The number of hydrogen-bond donors (Lipinski definition) is 3. The van der Waals surface area contributed by atoms with Gasteiger partial charge in [-0.3, -0.25) is 4.79 Å². The molecule has 3 aromatic heterocycles. The normalized spacial score (nSPS) is 13.6. The molecule has 7 rings (SSSR count). The van der Waals surface area contributed by atoms with Gasteiger partial charge in [-0.25, -0.2) is 14.5 Å². The van der Waals surface area contributed by atoms with E-state index in [1.54, 1.807) is 17.0 Å². The van der Waals surface area contributed by atoms with Gasteiger partial charge in [0.15, 0.2) is 11.3 Å². The van der Waals surface area contributed by atoms with Crippen LogP contribution in [-0.4, -0.2) is 31.5 Å². The van der Waals surface area contributed by atoms with Crippen LogP contribution < -0.4 is 16.0 Å². The van der Waals surface area contributed by atoms with Crippen LogP contribution in [0.2, 0.25) is 0 Å². The fourth-order valence-electron chi connectivity index (χ4n) is 5.49. The number of aromatic nitrogens is 4. The predicted molar refractivity (Wildman–Crippen MR) is 169 cm³/mol. The first-order chi connectivity index (χ1) is 21.2. The Morgan fingerprint density at radius 1 is 0.837 bits per heavy atom. The quantitative estimate of drug-likeness (QED) is 0.172. The number of imidazole rings is 1. The Labute approximate surface area is 249 Å². The summed E-state index contributed by atoms with van der Waals surface area (Å²) in [6, 6.07) is 29.5. The molecular formula is C34H31N7O2. The molecule has 0 radical (unpaired) electrons. The molecule has 3 N–H and O–H groups in total. The summed E-state index contributed by atoms with van der Waals surface area (Å²) in [5.74, 6) is 0.925. The average molecular weight is 570 g/mol. The number of hydrogen-bond acceptors (Lipinski definition) is 7. The number of fused-ring (bicyclic) bond motifs is 1. The standard InChI is InChI=1S/C34H31N7O2/c42-33(38-27-18-10-13-24(19-27)29-22-43-34(39-29)23-11-4-1-5-12-23)30-21-35-32-28(36-25-14-6-2-7-15-25)20-31(40-41(30)32)37-26-16-8-3-9-17-26/h1-2,4-7,10-15,18-22,26,36H,3,8-9,16-17H2,(H,37,40)(H,38,42). The molecule has 0 saturated heterocycles. The van der Waals surface area contributed by atoms with Crippen LogP contribution in [0.4, 0.5) is 22.9 Å². The van der Waals surface area contributed by atoms with E-state index >= 15 is 0 Å². The Balaban J connectivity index is 1.17. The Bertz CT molecular complexity index is 1860. The lowest BCUT2D eigenvalue weighted by Crippen LogP contribution is -2.24. The maximum Gasteiger partial charge on any atom is 0.276 e.